The maximum atomic E-state index is 2.65. The third-order valence-corrected chi connectivity index (χ3v) is 19.4. The van der Waals surface area contributed by atoms with Crippen LogP contribution in [-0.2, 0) is 10.8 Å². The van der Waals surface area contributed by atoms with Crippen molar-refractivity contribution in [1.82, 2.24) is 0 Å². The molecule has 0 radical (unpaired) electrons. The third kappa shape index (κ3) is 6.43. The van der Waals surface area contributed by atoms with E-state index in [-0.39, 0.29) is 6.71 Å². The van der Waals surface area contributed by atoms with Gasteiger partial charge in [0, 0.05) is 43.7 Å². The van der Waals surface area contributed by atoms with Crippen LogP contribution in [0.3, 0.4) is 0 Å². The standard InChI is InChI=1S/C76H55BN2S/c1-49(2)51-40-43-57(44-41-51)79-68-38-22-37-67-71(68)77(66-46-42-53(48-69(66)78(67)56-29-14-7-15-30-56)60-47-50(3)39-45-58(60)52-23-8-4-9-24-52)74-72(79)70-59-31-16-17-32-61(59)76(73(70)80-74)64-35-20-18-33-62(64)75(54-25-10-5-11-26-54,55-27-12-6-13-28-55)63-34-19-21-36-65(63)76/h4-49H,1-3H3. The van der Waals surface area contributed by atoms with Gasteiger partial charge in [0.25, 0.3) is 6.71 Å². The second-order valence-electron chi connectivity index (χ2n) is 22.5. The van der Waals surface area contributed by atoms with Crippen molar-refractivity contribution in [1.29, 1.82) is 0 Å². The Balaban J connectivity index is 1.02. The molecule has 4 aliphatic rings. The Morgan fingerprint density at radius 1 is 0.400 bits per heavy atom. The van der Waals surface area contributed by atoms with Crippen molar-refractivity contribution in [3.8, 4) is 33.4 Å². The second-order valence-corrected chi connectivity index (χ2v) is 23.5. The molecule has 0 bridgehead atoms. The fraction of sp³-hybridized carbons (Fsp3) is 0.0789. The monoisotopic (exact) mass is 1040 g/mol. The summed E-state index contributed by atoms with van der Waals surface area (Å²) < 4.78 is 1.37. The number of aryl methyl sites for hydroxylation is 1. The molecule has 378 valence electrons. The van der Waals surface area contributed by atoms with E-state index in [9.17, 15) is 0 Å². The molecule has 12 aromatic rings. The van der Waals surface area contributed by atoms with Crippen LogP contribution in [0.15, 0.2) is 273 Å². The molecule has 4 heteroatoms. The van der Waals surface area contributed by atoms with Gasteiger partial charge in [-0.15, -0.1) is 11.3 Å². The number of anilines is 6. The van der Waals surface area contributed by atoms with Crippen molar-refractivity contribution in [3.05, 3.63) is 328 Å². The highest BCUT2D eigenvalue weighted by atomic mass is 32.1. The number of hydrogen-bond donors (Lipinski definition) is 0. The fourth-order valence-electron chi connectivity index (χ4n) is 14.7. The molecule has 0 saturated heterocycles. The van der Waals surface area contributed by atoms with Crippen LogP contribution in [-0.4, -0.2) is 6.71 Å². The van der Waals surface area contributed by atoms with Crippen molar-refractivity contribution >= 4 is 67.9 Å². The topological polar surface area (TPSA) is 6.48 Å². The molecule has 0 saturated carbocycles. The smallest absolute Gasteiger partial charge is 0.264 e. The van der Waals surface area contributed by atoms with Gasteiger partial charge in [-0.2, -0.15) is 0 Å². The highest BCUT2D eigenvalue weighted by Crippen LogP contribution is 2.68. The SMILES string of the molecule is Cc1ccc(-c2ccccc2)c(-c2ccc3c(c2)N(c2ccccc2)c2cccc4c2B3c2sc3c(c2N4c2ccc(C(C)C)cc2)-c2ccccc2C32c3ccccc3C(c3ccccc3)(c3ccccc3)c3ccccc32)c1. The van der Waals surface area contributed by atoms with Gasteiger partial charge >= 0.3 is 0 Å². The number of nitrogens with zero attached hydrogens (tertiary/aromatic N) is 2. The lowest BCUT2D eigenvalue weighted by molar-refractivity contribution is 0.629. The predicted octanol–water partition coefficient (Wildman–Crippen LogP) is 17.7. The van der Waals surface area contributed by atoms with Gasteiger partial charge in [0.2, 0.25) is 0 Å². The quantitative estimate of drug-likeness (QED) is 0.147. The number of para-hydroxylation sites is 1. The minimum atomic E-state index is -0.646. The number of thiophene rings is 1. The maximum absolute atomic E-state index is 2.65. The zero-order valence-corrected chi connectivity index (χ0v) is 45.8. The summed E-state index contributed by atoms with van der Waals surface area (Å²) >= 11 is 2.05. The molecule has 11 aromatic carbocycles. The Morgan fingerprint density at radius 3 is 1.56 bits per heavy atom. The predicted molar refractivity (Wildman–Crippen MR) is 337 cm³/mol. The normalized spacial score (nSPS) is 14.4. The largest absolute Gasteiger partial charge is 0.311 e. The van der Waals surface area contributed by atoms with Crippen LogP contribution in [0.1, 0.15) is 74.7 Å². The van der Waals surface area contributed by atoms with E-state index in [0.29, 0.717) is 5.92 Å². The van der Waals surface area contributed by atoms with E-state index in [1.165, 1.54) is 132 Å². The molecule has 1 aromatic heterocycles. The molecule has 3 heterocycles. The van der Waals surface area contributed by atoms with Crippen LogP contribution in [0, 0.1) is 6.92 Å². The maximum Gasteiger partial charge on any atom is 0.264 e. The number of benzene rings is 11. The van der Waals surface area contributed by atoms with E-state index in [1.807, 2.05) is 0 Å². The Morgan fingerprint density at radius 2 is 0.938 bits per heavy atom. The van der Waals surface area contributed by atoms with Crippen molar-refractivity contribution in [2.75, 3.05) is 9.80 Å². The summed E-state index contributed by atoms with van der Waals surface area (Å²) in [6, 6.07) is 104. The fourth-order valence-corrected chi connectivity index (χ4v) is 16.4. The van der Waals surface area contributed by atoms with E-state index in [1.54, 1.807) is 0 Å². The van der Waals surface area contributed by atoms with Crippen molar-refractivity contribution in [2.45, 2.75) is 37.5 Å². The average Bonchev–Trinajstić information content (AvgIpc) is 3.97. The van der Waals surface area contributed by atoms with Crippen LogP contribution in [0.2, 0.25) is 0 Å². The van der Waals surface area contributed by atoms with Crippen molar-refractivity contribution < 1.29 is 0 Å². The van der Waals surface area contributed by atoms with E-state index in [2.05, 4.69) is 315 Å². The van der Waals surface area contributed by atoms with Crippen molar-refractivity contribution in [3.63, 3.8) is 0 Å². The average molecular weight is 1040 g/mol. The Hall–Kier alpha value is -9.22. The molecule has 0 fully saturated rings. The zero-order valence-electron chi connectivity index (χ0n) is 44.9. The first kappa shape index (κ1) is 46.8. The minimum absolute atomic E-state index is 0.0703. The molecular weight excluding hydrogens is 984 g/mol. The lowest BCUT2D eigenvalue weighted by Gasteiger charge is -2.49. The molecule has 2 aliphatic carbocycles. The van der Waals surface area contributed by atoms with Gasteiger partial charge in [-0.1, -0.05) is 250 Å². The molecule has 2 nitrogen and oxygen atoms in total. The molecule has 0 atom stereocenters. The zero-order chi connectivity index (χ0) is 53.3. The lowest BCUT2D eigenvalue weighted by atomic mass is 9.36. The lowest BCUT2D eigenvalue weighted by Crippen LogP contribution is -2.60. The summed E-state index contributed by atoms with van der Waals surface area (Å²) in [6.07, 6.45) is 0. The Labute approximate surface area is 473 Å². The van der Waals surface area contributed by atoms with Gasteiger partial charge in [0.05, 0.1) is 16.5 Å². The van der Waals surface area contributed by atoms with Crippen LogP contribution >= 0.6 is 11.3 Å². The summed E-state index contributed by atoms with van der Waals surface area (Å²) in [6.45, 7) is 6.73. The molecular formula is C76H55BN2S. The van der Waals surface area contributed by atoms with Crippen LogP contribution in [0.25, 0.3) is 33.4 Å². The first-order valence-corrected chi connectivity index (χ1v) is 29.0. The highest BCUT2D eigenvalue weighted by molar-refractivity contribution is 7.30. The van der Waals surface area contributed by atoms with E-state index in [0.717, 1.165) is 5.69 Å². The summed E-state index contributed by atoms with van der Waals surface area (Å²) in [7, 11) is 0. The number of fused-ring (bicyclic) bond motifs is 14. The summed E-state index contributed by atoms with van der Waals surface area (Å²) in [5.41, 5.74) is 27.9. The van der Waals surface area contributed by atoms with E-state index < -0.39 is 10.8 Å². The Kier molecular flexibility index (Phi) is 10.5. The van der Waals surface area contributed by atoms with Crippen LogP contribution < -0.4 is 25.5 Å². The molecule has 0 unspecified atom stereocenters. The molecule has 0 N–H and O–H groups in total. The highest BCUT2D eigenvalue weighted by Gasteiger charge is 2.60. The minimum Gasteiger partial charge on any atom is -0.311 e. The third-order valence-electron chi connectivity index (χ3n) is 18.0. The molecule has 1 spiro atoms. The second kappa shape index (κ2) is 17.9. The molecule has 0 amide bonds. The van der Waals surface area contributed by atoms with E-state index >= 15 is 0 Å². The van der Waals surface area contributed by atoms with Gasteiger partial charge in [-0.05, 0) is 139 Å². The summed E-state index contributed by atoms with van der Waals surface area (Å²) in [5, 5.41) is 0. The molecule has 80 heavy (non-hydrogen) atoms. The summed E-state index contributed by atoms with van der Waals surface area (Å²) in [5.74, 6) is 0.404. The van der Waals surface area contributed by atoms with Gasteiger partial charge in [0.15, 0.2) is 0 Å². The first-order valence-electron chi connectivity index (χ1n) is 28.2. The number of rotatable bonds is 7. The van der Waals surface area contributed by atoms with Gasteiger partial charge < -0.3 is 9.80 Å². The van der Waals surface area contributed by atoms with Crippen molar-refractivity contribution in [2.24, 2.45) is 0 Å². The summed E-state index contributed by atoms with van der Waals surface area (Å²) in [4.78, 5) is 6.59. The van der Waals surface area contributed by atoms with E-state index in [4.69, 9.17) is 0 Å². The van der Waals surface area contributed by atoms with Gasteiger partial charge in [-0.25, -0.2) is 0 Å². The molecule has 2 aliphatic heterocycles. The van der Waals surface area contributed by atoms with Gasteiger partial charge in [-0.3, -0.25) is 0 Å². The van der Waals surface area contributed by atoms with Crippen LogP contribution in [0.5, 0.6) is 0 Å². The number of hydrogen-bond acceptors (Lipinski definition) is 3. The molecule has 16 rings (SSSR count). The first-order chi connectivity index (χ1) is 39.5. The van der Waals surface area contributed by atoms with Crippen LogP contribution in [0.4, 0.5) is 34.1 Å². The Bertz CT molecular complexity index is 4320. The van der Waals surface area contributed by atoms with Gasteiger partial charge in [0.1, 0.15) is 0 Å².